The van der Waals surface area contributed by atoms with Gasteiger partial charge < -0.3 is 4.55 Å². The molecular weight excluding hydrogens is 386 g/mol. The fourth-order valence-electron chi connectivity index (χ4n) is 3.07. The second-order valence-electron chi connectivity index (χ2n) is 5.98. The molecule has 0 bridgehead atoms. The Bertz CT molecular complexity index is 1200. The van der Waals surface area contributed by atoms with Crippen LogP contribution in [-0.2, 0) is 11.2 Å². The van der Waals surface area contributed by atoms with E-state index in [1.165, 1.54) is 11.3 Å². The van der Waals surface area contributed by atoms with Gasteiger partial charge in [0.2, 0.25) is 4.21 Å². The molecule has 1 atom stereocenters. The molecule has 0 fully saturated rings. The molecule has 0 aliphatic rings. The molecule has 0 amide bonds. The van der Waals surface area contributed by atoms with Crippen LogP contribution < -0.4 is 0 Å². The number of pyridine rings is 1. The monoisotopic (exact) mass is 401 g/mol. The Morgan fingerprint density at radius 2 is 2.27 bits per heavy atom. The van der Waals surface area contributed by atoms with Crippen molar-refractivity contribution in [2.24, 2.45) is 0 Å². The quantitative estimate of drug-likeness (QED) is 0.441. The highest BCUT2D eigenvalue weighted by atomic mass is 32.2. The van der Waals surface area contributed by atoms with Gasteiger partial charge in [-0.25, -0.2) is 9.97 Å². The first kappa shape index (κ1) is 16.2. The highest BCUT2D eigenvalue weighted by Gasteiger charge is 2.25. The summed E-state index contributed by atoms with van der Waals surface area (Å²) in [6.45, 7) is 2.11. The van der Waals surface area contributed by atoms with Crippen LogP contribution in [0.25, 0.3) is 37.3 Å². The summed E-state index contributed by atoms with van der Waals surface area (Å²) in [5.74, 6) is 0.665. The van der Waals surface area contributed by atoms with Crippen LogP contribution in [0.3, 0.4) is 0 Å². The minimum atomic E-state index is -1.05. The lowest BCUT2D eigenvalue weighted by Crippen LogP contribution is -2.06. The number of hydrogen-bond acceptors (Lipinski definition) is 6. The third-order valence-electron chi connectivity index (χ3n) is 4.31. The van der Waals surface area contributed by atoms with Gasteiger partial charge in [-0.2, -0.15) is 9.73 Å². The van der Waals surface area contributed by atoms with Crippen molar-refractivity contribution < 1.29 is 4.55 Å². The van der Waals surface area contributed by atoms with E-state index < -0.39 is 11.2 Å². The number of hydrogen-bond donors (Lipinski definition) is 1. The van der Waals surface area contributed by atoms with Gasteiger partial charge in [-0.3, -0.25) is 5.10 Å². The molecule has 0 aliphatic heterocycles. The van der Waals surface area contributed by atoms with Crippen LogP contribution in [0.15, 0.2) is 34.1 Å². The molecule has 0 saturated carbocycles. The Hall–Kier alpha value is -1.94. The van der Waals surface area contributed by atoms with Crippen LogP contribution in [0, 0.1) is 0 Å². The van der Waals surface area contributed by atoms with Gasteiger partial charge >= 0.3 is 0 Å². The molecule has 9 heteroatoms. The van der Waals surface area contributed by atoms with E-state index in [0.29, 0.717) is 5.75 Å². The Morgan fingerprint density at radius 1 is 1.35 bits per heavy atom. The predicted molar refractivity (Wildman–Crippen MR) is 108 cm³/mol. The van der Waals surface area contributed by atoms with Gasteiger partial charge in [0.1, 0.15) is 26.8 Å². The van der Waals surface area contributed by atoms with Crippen LogP contribution in [-0.4, -0.2) is 35.1 Å². The summed E-state index contributed by atoms with van der Waals surface area (Å²) in [5.41, 5.74) is 2.70. The number of thiophene rings is 1. The molecule has 5 rings (SSSR count). The third kappa shape index (κ3) is 2.46. The van der Waals surface area contributed by atoms with Crippen LogP contribution in [0.2, 0.25) is 0 Å². The minimum Gasteiger partial charge on any atom is -0.611 e. The topological polar surface area (TPSA) is 81.9 Å². The van der Waals surface area contributed by atoms with E-state index in [9.17, 15) is 4.55 Å². The van der Waals surface area contributed by atoms with Gasteiger partial charge in [-0.15, -0.1) is 11.3 Å². The fraction of sp³-hybridized carbons (Fsp3) is 0.235. The zero-order valence-electron chi connectivity index (χ0n) is 13.9. The fourth-order valence-corrected chi connectivity index (χ4v) is 6.52. The summed E-state index contributed by atoms with van der Waals surface area (Å²) in [6.07, 6.45) is 5.52. The second-order valence-corrected chi connectivity index (χ2v) is 9.64. The van der Waals surface area contributed by atoms with Crippen molar-refractivity contribution in [1.82, 2.24) is 24.8 Å². The molecule has 132 valence electrons. The predicted octanol–water partition coefficient (Wildman–Crippen LogP) is 4.46. The average Bonchev–Trinajstić information content (AvgIpc) is 3.39. The SMILES string of the molecule is CCCC[S+]([O-])c1sc2nc(-c3nccs3)cc3c2c1[nH]n1nccc31. The largest absolute Gasteiger partial charge is 0.611 e. The van der Waals surface area contributed by atoms with Gasteiger partial charge in [-0.05, 0) is 29.7 Å². The lowest BCUT2D eigenvalue weighted by Gasteiger charge is -2.08. The zero-order chi connectivity index (χ0) is 17.7. The summed E-state index contributed by atoms with van der Waals surface area (Å²) < 4.78 is 15.5. The normalized spacial score (nSPS) is 13.3. The molecule has 6 nitrogen and oxygen atoms in total. The van der Waals surface area contributed by atoms with Gasteiger partial charge in [0.25, 0.3) is 0 Å². The van der Waals surface area contributed by atoms with Crippen LogP contribution in [0.1, 0.15) is 19.8 Å². The van der Waals surface area contributed by atoms with E-state index in [-0.39, 0.29) is 0 Å². The summed E-state index contributed by atoms with van der Waals surface area (Å²) in [5, 5.41) is 12.6. The standard InChI is InChI=1S/C17H15N5OS3/c1-2-3-8-26(23)17-14-13-10(12-4-5-19-22(12)21-14)9-11(20-16(13)25-17)15-18-6-7-24-15/h4-7,9,21H,2-3,8H2,1H3. The van der Waals surface area contributed by atoms with Gasteiger partial charge in [-0.1, -0.05) is 24.7 Å². The molecule has 0 aromatic carbocycles. The van der Waals surface area contributed by atoms with E-state index in [0.717, 1.165) is 54.4 Å². The van der Waals surface area contributed by atoms with E-state index in [2.05, 4.69) is 28.2 Å². The molecule has 1 unspecified atom stereocenters. The molecule has 26 heavy (non-hydrogen) atoms. The van der Waals surface area contributed by atoms with Crippen molar-refractivity contribution in [3.05, 3.63) is 29.9 Å². The van der Waals surface area contributed by atoms with Crippen LogP contribution >= 0.6 is 22.7 Å². The lowest BCUT2D eigenvalue weighted by atomic mass is 10.1. The highest BCUT2D eigenvalue weighted by Crippen LogP contribution is 2.40. The number of fused-ring (bicyclic) bond motifs is 2. The minimum absolute atomic E-state index is 0.665. The van der Waals surface area contributed by atoms with Crippen LogP contribution in [0.4, 0.5) is 0 Å². The summed E-state index contributed by atoms with van der Waals surface area (Å²) in [6, 6.07) is 4.03. The third-order valence-corrected chi connectivity index (χ3v) is 8.07. The van der Waals surface area contributed by atoms with Gasteiger partial charge in [0.05, 0.1) is 17.1 Å². The smallest absolute Gasteiger partial charge is 0.234 e. The number of aromatic nitrogens is 5. The Morgan fingerprint density at radius 3 is 3.08 bits per heavy atom. The molecular formula is C17H15N5OS3. The number of rotatable bonds is 5. The molecule has 5 aromatic rings. The number of nitrogens with zero attached hydrogens (tertiary/aromatic N) is 4. The first-order valence-electron chi connectivity index (χ1n) is 8.33. The Kier molecular flexibility index (Phi) is 3.96. The number of nitrogens with one attached hydrogen (secondary N) is 1. The lowest BCUT2D eigenvalue weighted by molar-refractivity contribution is 0.594. The van der Waals surface area contributed by atoms with Crippen molar-refractivity contribution in [1.29, 1.82) is 0 Å². The van der Waals surface area contributed by atoms with Crippen molar-refractivity contribution in [3.8, 4) is 10.7 Å². The zero-order valence-corrected chi connectivity index (χ0v) is 16.4. The van der Waals surface area contributed by atoms with Crippen molar-refractivity contribution in [2.45, 2.75) is 24.0 Å². The Balaban J connectivity index is 1.83. The van der Waals surface area contributed by atoms with Gasteiger partial charge in [0, 0.05) is 17.0 Å². The summed E-state index contributed by atoms with van der Waals surface area (Å²) in [4.78, 5) is 10.1. The molecule has 0 spiro atoms. The maximum atomic E-state index is 12.9. The average molecular weight is 402 g/mol. The van der Waals surface area contributed by atoms with Crippen molar-refractivity contribution in [2.75, 3.05) is 5.75 Å². The number of H-pyrrole nitrogens is 1. The van der Waals surface area contributed by atoms with Crippen molar-refractivity contribution in [3.63, 3.8) is 0 Å². The first-order chi connectivity index (χ1) is 12.8. The number of unbranched alkanes of at least 4 members (excludes halogenated alkanes) is 1. The number of thiazole rings is 1. The first-order valence-corrected chi connectivity index (χ1v) is 11.3. The summed E-state index contributed by atoms with van der Waals surface area (Å²) >= 11 is 2.03. The van der Waals surface area contributed by atoms with E-state index in [1.807, 2.05) is 11.4 Å². The molecule has 1 N–H and O–H groups in total. The maximum Gasteiger partial charge on any atom is 0.234 e. The summed E-state index contributed by atoms with van der Waals surface area (Å²) in [7, 11) is 0. The molecule has 5 aromatic heterocycles. The van der Waals surface area contributed by atoms with E-state index in [1.54, 1.807) is 28.4 Å². The molecule has 0 aliphatic carbocycles. The highest BCUT2D eigenvalue weighted by molar-refractivity contribution is 7.93. The van der Waals surface area contributed by atoms with Gasteiger partial charge in [0.15, 0.2) is 0 Å². The van der Waals surface area contributed by atoms with E-state index >= 15 is 0 Å². The molecule has 0 saturated heterocycles. The maximum absolute atomic E-state index is 12.9. The van der Waals surface area contributed by atoms with E-state index in [4.69, 9.17) is 4.98 Å². The van der Waals surface area contributed by atoms with Crippen molar-refractivity contribution >= 4 is 60.5 Å². The Labute approximate surface area is 160 Å². The molecule has 5 heterocycles. The molecule has 0 radical (unpaired) electrons. The second kappa shape index (κ2) is 6.34. The van der Waals surface area contributed by atoms with Crippen LogP contribution in [0.5, 0.6) is 0 Å². The number of aromatic amines is 1.